The van der Waals surface area contributed by atoms with Gasteiger partial charge in [0, 0.05) is 30.8 Å². The van der Waals surface area contributed by atoms with Crippen molar-refractivity contribution in [1.29, 1.82) is 0 Å². The lowest BCUT2D eigenvalue weighted by Crippen LogP contribution is -2.40. The molecule has 21 heavy (non-hydrogen) atoms. The molecule has 0 saturated carbocycles. The van der Waals surface area contributed by atoms with Crippen LogP contribution in [0.1, 0.15) is 12.8 Å². The molecule has 1 N–H and O–H groups in total. The van der Waals surface area contributed by atoms with Crippen LogP contribution in [0.5, 0.6) is 0 Å². The van der Waals surface area contributed by atoms with Crippen molar-refractivity contribution in [2.24, 2.45) is 5.92 Å². The van der Waals surface area contributed by atoms with Crippen molar-refractivity contribution in [2.75, 3.05) is 24.7 Å². The maximum absolute atomic E-state index is 13.1. The van der Waals surface area contributed by atoms with Gasteiger partial charge in [0.05, 0.1) is 6.26 Å². The third-order valence-corrected chi connectivity index (χ3v) is 4.78. The molecule has 1 amide bonds. The Morgan fingerprint density at radius 3 is 2.38 bits per heavy atom. The molecule has 0 aromatic heterocycles. The van der Waals surface area contributed by atoms with Crippen LogP contribution >= 0.6 is 0 Å². The van der Waals surface area contributed by atoms with E-state index in [2.05, 4.69) is 5.32 Å². The van der Waals surface area contributed by atoms with E-state index in [1.165, 1.54) is 10.4 Å². The summed E-state index contributed by atoms with van der Waals surface area (Å²) in [7, 11) is -3.23. The number of sulfonamides is 1. The number of anilines is 1. The summed E-state index contributed by atoms with van der Waals surface area (Å²) < 4.78 is 49.9. The average Bonchev–Trinajstić information content (AvgIpc) is 2.42. The summed E-state index contributed by atoms with van der Waals surface area (Å²) >= 11 is 0. The summed E-state index contributed by atoms with van der Waals surface area (Å²) in [5.74, 6) is -2.65. The number of amides is 1. The molecule has 1 aliphatic heterocycles. The van der Waals surface area contributed by atoms with Crippen LogP contribution in [0.3, 0.4) is 0 Å². The van der Waals surface area contributed by atoms with Gasteiger partial charge in [0.1, 0.15) is 0 Å². The van der Waals surface area contributed by atoms with Crippen molar-refractivity contribution in [1.82, 2.24) is 4.31 Å². The lowest BCUT2D eigenvalue weighted by atomic mass is 9.97. The maximum Gasteiger partial charge on any atom is 0.227 e. The van der Waals surface area contributed by atoms with Crippen LogP contribution in [0.15, 0.2) is 18.2 Å². The van der Waals surface area contributed by atoms with Crippen LogP contribution in [0, 0.1) is 17.6 Å². The predicted octanol–water partition coefficient (Wildman–Crippen LogP) is 1.57. The Kier molecular flexibility index (Phi) is 4.58. The van der Waals surface area contributed by atoms with E-state index in [0.29, 0.717) is 12.8 Å². The molecule has 0 atom stereocenters. The van der Waals surface area contributed by atoms with Gasteiger partial charge in [-0.1, -0.05) is 0 Å². The Bertz CT molecular complexity index is 641. The minimum absolute atomic E-state index is 0.185. The zero-order valence-corrected chi connectivity index (χ0v) is 12.3. The predicted molar refractivity (Wildman–Crippen MR) is 74.1 cm³/mol. The molecule has 1 saturated heterocycles. The molecule has 1 aromatic carbocycles. The standard InChI is InChI=1S/C13H16F2N2O3S/c1-21(19,20)17-6-4-9(5-7-17)13(18)16-10-2-3-11(14)12(15)8-10/h2-3,8-9H,4-7H2,1H3,(H,16,18). The summed E-state index contributed by atoms with van der Waals surface area (Å²) in [5, 5.41) is 2.52. The highest BCUT2D eigenvalue weighted by Crippen LogP contribution is 2.21. The van der Waals surface area contributed by atoms with Gasteiger partial charge in [0.2, 0.25) is 15.9 Å². The van der Waals surface area contributed by atoms with E-state index < -0.39 is 21.7 Å². The quantitative estimate of drug-likeness (QED) is 0.920. The van der Waals surface area contributed by atoms with Crippen molar-refractivity contribution in [3.63, 3.8) is 0 Å². The smallest absolute Gasteiger partial charge is 0.227 e. The zero-order chi connectivity index (χ0) is 15.6. The maximum atomic E-state index is 13.1. The first kappa shape index (κ1) is 15.8. The Hall–Kier alpha value is -1.54. The first-order chi connectivity index (χ1) is 9.77. The Labute approximate surface area is 122 Å². The van der Waals surface area contributed by atoms with Gasteiger partial charge >= 0.3 is 0 Å². The largest absolute Gasteiger partial charge is 0.326 e. The molecule has 1 aliphatic rings. The van der Waals surface area contributed by atoms with Gasteiger partial charge < -0.3 is 5.32 Å². The summed E-state index contributed by atoms with van der Waals surface area (Å²) in [6, 6.07) is 3.14. The number of benzene rings is 1. The topological polar surface area (TPSA) is 66.5 Å². The number of piperidine rings is 1. The van der Waals surface area contributed by atoms with E-state index in [0.717, 1.165) is 18.4 Å². The molecular weight excluding hydrogens is 302 g/mol. The minimum atomic E-state index is -3.23. The van der Waals surface area contributed by atoms with Crippen molar-refractivity contribution in [3.8, 4) is 0 Å². The average molecular weight is 318 g/mol. The van der Waals surface area contributed by atoms with E-state index >= 15 is 0 Å². The number of hydrogen-bond donors (Lipinski definition) is 1. The van der Waals surface area contributed by atoms with E-state index in [1.54, 1.807) is 0 Å². The highest BCUT2D eigenvalue weighted by atomic mass is 32.2. The molecule has 2 rings (SSSR count). The van der Waals surface area contributed by atoms with Gasteiger partial charge in [0.15, 0.2) is 11.6 Å². The van der Waals surface area contributed by atoms with Gasteiger partial charge in [-0.15, -0.1) is 0 Å². The Morgan fingerprint density at radius 1 is 1.24 bits per heavy atom. The van der Waals surface area contributed by atoms with Gasteiger partial charge in [-0.2, -0.15) is 0 Å². The fourth-order valence-corrected chi connectivity index (χ4v) is 3.14. The lowest BCUT2D eigenvalue weighted by Gasteiger charge is -2.29. The number of nitrogens with one attached hydrogen (secondary N) is 1. The van der Waals surface area contributed by atoms with Crippen molar-refractivity contribution < 1.29 is 22.0 Å². The summed E-state index contributed by atoms with van der Waals surface area (Å²) in [5.41, 5.74) is 0.185. The molecule has 1 aromatic rings. The minimum Gasteiger partial charge on any atom is -0.326 e. The van der Waals surface area contributed by atoms with E-state index in [4.69, 9.17) is 0 Å². The Balaban J connectivity index is 1.95. The zero-order valence-electron chi connectivity index (χ0n) is 11.5. The molecule has 1 fully saturated rings. The second kappa shape index (κ2) is 6.07. The first-order valence-electron chi connectivity index (χ1n) is 6.48. The fourth-order valence-electron chi connectivity index (χ4n) is 2.27. The third kappa shape index (κ3) is 3.98. The Morgan fingerprint density at radius 2 is 1.86 bits per heavy atom. The molecule has 0 bridgehead atoms. The number of nitrogens with zero attached hydrogens (tertiary/aromatic N) is 1. The summed E-state index contributed by atoms with van der Waals surface area (Å²) in [6.07, 6.45) is 1.94. The first-order valence-corrected chi connectivity index (χ1v) is 8.33. The molecule has 1 heterocycles. The van der Waals surface area contributed by atoms with Crippen LogP contribution in [0.25, 0.3) is 0 Å². The number of halogens is 2. The van der Waals surface area contributed by atoms with E-state index in [-0.39, 0.29) is 30.6 Å². The third-order valence-electron chi connectivity index (χ3n) is 3.48. The monoisotopic (exact) mass is 318 g/mol. The van der Waals surface area contributed by atoms with E-state index in [1.807, 2.05) is 0 Å². The number of hydrogen-bond acceptors (Lipinski definition) is 3. The fraction of sp³-hybridized carbons (Fsp3) is 0.462. The molecule has 5 nitrogen and oxygen atoms in total. The van der Waals surface area contributed by atoms with Gasteiger partial charge in [-0.25, -0.2) is 21.5 Å². The lowest BCUT2D eigenvalue weighted by molar-refractivity contribution is -0.120. The van der Waals surface area contributed by atoms with Gasteiger partial charge in [-0.3, -0.25) is 4.79 Å². The normalized spacial score (nSPS) is 17.7. The van der Waals surface area contributed by atoms with Crippen LogP contribution in [0.4, 0.5) is 14.5 Å². The van der Waals surface area contributed by atoms with E-state index in [9.17, 15) is 22.0 Å². The van der Waals surface area contributed by atoms with Crippen molar-refractivity contribution >= 4 is 21.6 Å². The molecule has 116 valence electrons. The van der Waals surface area contributed by atoms with Gasteiger partial charge in [-0.05, 0) is 25.0 Å². The van der Waals surface area contributed by atoms with Crippen LogP contribution < -0.4 is 5.32 Å². The summed E-state index contributed by atoms with van der Waals surface area (Å²) in [4.78, 5) is 12.0. The molecule has 8 heteroatoms. The van der Waals surface area contributed by atoms with Crippen LogP contribution in [0.2, 0.25) is 0 Å². The van der Waals surface area contributed by atoms with Crippen molar-refractivity contribution in [2.45, 2.75) is 12.8 Å². The number of carbonyl (C=O) groups excluding carboxylic acids is 1. The van der Waals surface area contributed by atoms with Crippen LogP contribution in [-0.2, 0) is 14.8 Å². The molecule has 0 spiro atoms. The molecule has 0 aliphatic carbocycles. The van der Waals surface area contributed by atoms with Crippen molar-refractivity contribution in [3.05, 3.63) is 29.8 Å². The number of carbonyl (C=O) groups is 1. The molecule has 0 radical (unpaired) electrons. The SMILES string of the molecule is CS(=O)(=O)N1CCC(C(=O)Nc2ccc(F)c(F)c2)CC1. The highest BCUT2D eigenvalue weighted by Gasteiger charge is 2.28. The number of rotatable bonds is 3. The second-order valence-electron chi connectivity index (χ2n) is 5.05. The molecule has 0 unspecified atom stereocenters. The molecular formula is C13H16F2N2O3S. The second-order valence-corrected chi connectivity index (χ2v) is 7.04. The van der Waals surface area contributed by atoms with Crippen LogP contribution in [-0.4, -0.2) is 38.0 Å². The highest BCUT2D eigenvalue weighted by molar-refractivity contribution is 7.88. The summed E-state index contributed by atoms with van der Waals surface area (Å²) in [6.45, 7) is 0.573. The van der Waals surface area contributed by atoms with Gasteiger partial charge in [0.25, 0.3) is 0 Å².